The summed E-state index contributed by atoms with van der Waals surface area (Å²) in [6, 6.07) is 5.29. The Morgan fingerprint density at radius 2 is 1.76 bits per heavy atom. The van der Waals surface area contributed by atoms with Gasteiger partial charge in [0.1, 0.15) is 11.5 Å². The van der Waals surface area contributed by atoms with Gasteiger partial charge in [0.05, 0.1) is 11.7 Å². The summed E-state index contributed by atoms with van der Waals surface area (Å²) < 4.78 is 0. The molecule has 0 radical (unpaired) electrons. The molecule has 0 bridgehead atoms. The summed E-state index contributed by atoms with van der Waals surface area (Å²) in [6.45, 7) is 7.37. The highest BCUT2D eigenvalue weighted by Gasteiger charge is 2.27. The molecule has 4 heterocycles. The number of piperazine rings is 1. The molecule has 1 unspecified atom stereocenters. The minimum atomic E-state index is 0.125. The molecule has 0 spiro atoms. The van der Waals surface area contributed by atoms with Gasteiger partial charge in [-0.15, -0.1) is 0 Å². The van der Waals surface area contributed by atoms with Crippen LogP contribution in [0.2, 0.25) is 0 Å². The van der Waals surface area contributed by atoms with Gasteiger partial charge in [0.25, 0.3) is 5.91 Å². The van der Waals surface area contributed by atoms with Gasteiger partial charge in [-0.25, -0.2) is 4.98 Å². The van der Waals surface area contributed by atoms with Crippen molar-refractivity contribution < 1.29 is 4.79 Å². The lowest BCUT2D eigenvalue weighted by atomic mass is 10.0. The molecular formula is C23H33N5O. The zero-order valence-corrected chi connectivity index (χ0v) is 17.6. The van der Waals surface area contributed by atoms with E-state index < -0.39 is 0 Å². The predicted molar refractivity (Wildman–Crippen MR) is 116 cm³/mol. The van der Waals surface area contributed by atoms with Crippen LogP contribution in [-0.2, 0) is 0 Å². The Labute approximate surface area is 173 Å². The highest BCUT2D eigenvalue weighted by molar-refractivity contribution is 5.98. The van der Waals surface area contributed by atoms with E-state index in [-0.39, 0.29) is 5.91 Å². The maximum Gasteiger partial charge on any atom is 0.270 e. The first-order valence-corrected chi connectivity index (χ1v) is 11.5. The average molecular weight is 396 g/mol. The number of H-pyrrole nitrogens is 1. The van der Waals surface area contributed by atoms with E-state index >= 15 is 0 Å². The molecule has 2 aliphatic heterocycles. The van der Waals surface area contributed by atoms with Crippen molar-refractivity contribution in [2.24, 2.45) is 0 Å². The number of amides is 1. The number of anilines is 1. The van der Waals surface area contributed by atoms with Gasteiger partial charge in [-0.05, 0) is 51.2 Å². The number of aromatic amines is 1. The number of piperidine rings is 1. The molecule has 5 rings (SSSR count). The quantitative estimate of drug-likeness (QED) is 0.862. The molecule has 0 aromatic carbocycles. The van der Waals surface area contributed by atoms with Crippen molar-refractivity contribution in [1.82, 2.24) is 19.8 Å². The minimum absolute atomic E-state index is 0.125. The van der Waals surface area contributed by atoms with E-state index in [4.69, 9.17) is 4.98 Å². The standard InChI is InChI=1S/C23H33N5O/c1-17-6-4-5-9-28(17)23(29)20-14-18-15-22(24-16-21(18)25-20)27-12-10-26(11-13-27)19-7-2-3-8-19/h14-17,19,25H,2-13H2,1H3. The van der Waals surface area contributed by atoms with E-state index in [9.17, 15) is 4.79 Å². The summed E-state index contributed by atoms with van der Waals surface area (Å²) in [5, 5.41) is 1.08. The molecule has 6 heteroatoms. The SMILES string of the molecule is CC1CCCCN1C(=O)c1cc2cc(N3CCN(C4CCCC4)CC3)ncc2[nH]1. The van der Waals surface area contributed by atoms with E-state index in [2.05, 4.69) is 27.8 Å². The number of carbonyl (C=O) groups is 1. The second kappa shape index (κ2) is 7.98. The third kappa shape index (κ3) is 3.75. The number of fused-ring (bicyclic) bond motifs is 1. The second-order valence-corrected chi connectivity index (χ2v) is 9.12. The van der Waals surface area contributed by atoms with Crippen LogP contribution in [0.15, 0.2) is 18.3 Å². The Balaban J connectivity index is 1.29. The van der Waals surface area contributed by atoms with E-state index in [0.717, 1.165) is 68.3 Å². The molecule has 1 aliphatic carbocycles. The molecule has 2 aromatic rings. The maximum absolute atomic E-state index is 13.0. The minimum Gasteiger partial charge on any atom is -0.354 e. The number of carbonyl (C=O) groups excluding carboxylic acids is 1. The van der Waals surface area contributed by atoms with Gasteiger partial charge in [-0.1, -0.05) is 12.8 Å². The van der Waals surface area contributed by atoms with Crippen molar-refractivity contribution in [3.8, 4) is 0 Å². The van der Waals surface area contributed by atoms with Gasteiger partial charge >= 0.3 is 0 Å². The summed E-state index contributed by atoms with van der Waals surface area (Å²) in [7, 11) is 0. The lowest BCUT2D eigenvalue weighted by Crippen LogP contribution is -2.49. The smallest absolute Gasteiger partial charge is 0.270 e. The number of hydrogen-bond donors (Lipinski definition) is 1. The summed E-state index contributed by atoms with van der Waals surface area (Å²) in [4.78, 5) is 28.1. The van der Waals surface area contributed by atoms with Crippen molar-refractivity contribution >= 4 is 22.6 Å². The highest BCUT2D eigenvalue weighted by Crippen LogP contribution is 2.27. The third-order valence-corrected chi connectivity index (χ3v) is 7.26. The fourth-order valence-corrected chi connectivity index (χ4v) is 5.45. The van der Waals surface area contributed by atoms with Crippen molar-refractivity contribution in [2.75, 3.05) is 37.6 Å². The number of nitrogens with one attached hydrogen (secondary N) is 1. The van der Waals surface area contributed by atoms with Crippen molar-refractivity contribution in [1.29, 1.82) is 0 Å². The lowest BCUT2D eigenvalue weighted by molar-refractivity contribution is 0.0630. The summed E-state index contributed by atoms with van der Waals surface area (Å²) in [5.41, 5.74) is 1.64. The van der Waals surface area contributed by atoms with E-state index in [1.807, 2.05) is 17.2 Å². The van der Waals surface area contributed by atoms with Crippen molar-refractivity contribution in [2.45, 2.75) is 64.0 Å². The molecule has 29 heavy (non-hydrogen) atoms. The lowest BCUT2D eigenvalue weighted by Gasteiger charge is -2.38. The summed E-state index contributed by atoms with van der Waals surface area (Å²) in [5.74, 6) is 1.16. The monoisotopic (exact) mass is 395 g/mol. The Bertz CT molecular complexity index is 863. The Kier molecular flexibility index (Phi) is 5.20. The second-order valence-electron chi connectivity index (χ2n) is 9.12. The van der Waals surface area contributed by atoms with Crippen LogP contribution in [0.25, 0.3) is 10.9 Å². The average Bonchev–Trinajstić information content (AvgIpc) is 3.43. The largest absolute Gasteiger partial charge is 0.354 e. The van der Waals surface area contributed by atoms with Crippen LogP contribution in [0.5, 0.6) is 0 Å². The molecule has 6 nitrogen and oxygen atoms in total. The molecule has 1 saturated carbocycles. The Morgan fingerprint density at radius 3 is 2.52 bits per heavy atom. The first-order chi connectivity index (χ1) is 14.2. The molecule has 1 atom stereocenters. The van der Waals surface area contributed by atoms with Crippen LogP contribution in [0, 0.1) is 0 Å². The Morgan fingerprint density at radius 1 is 1.00 bits per heavy atom. The van der Waals surface area contributed by atoms with Crippen molar-refractivity contribution in [3.05, 3.63) is 24.0 Å². The van der Waals surface area contributed by atoms with Crippen LogP contribution in [0.4, 0.5) is 5.82 Å². The molecule has 1 N–H and O–H groups in total. The summed E-state index contributed by atoms with van der Waals surface area (Å²) in [6.07, 6.45) is 10.9. The number of hydrogen-bond acceptors (Lipinski definition) is 4. The topological polar surface area (TPSA) is 55.5 Å². The first-order valence-electron chi connectivity index (χ1n) is 11.5. The highest BCUT2D eigenvalue weighted by atomic mass is 16.2. The number of rotatable bonds is 3. The number of pyridine rings is 1. The number of likely N-dealkylation sites (tertiary alicyclic amines) is 1. The maximum atomic E-state index is 13.0. The number of aromatic nitrogens is 2. The normalized spacial score (nSPS) is 24.5. The molecule has 2 aromatic heterocycles. The van der Waals surface area contributed by atoms with Gasteiger partial charge in [0, 0.05) is 50.2 Å². The van der Waals surface area contributed by atoms with Crippen LogP contribution in [0.1, 0.15) is 62.4 Å². The zero-order valence-electron chi connectivity index (χ0n) is 17.6. The zero-order chi connectivity index (χ0) is 19.8. The fraction of sp³-hybridized carbons (Fsp3) is 0.652. The predicted octanol–water partition coefficient (Wildman–Crippen LogP) is 3.64. The van der Waals surface area contributed by atoms with Crippen LogP contribution < -0.4 is 4.90 Å². The number of nitrogens with zero attached hydrogens (tertiary/aromatic N) is 4. The van der Waals surface area contributed by atoms with Gasteiger partial charge < -0.3 is 14.8 Å². The van der Waals surface area contributed by atoms with Gasteiger partial charge in [0.15, 0.2) is 0 Å². The van der Waals surface area contributed by atoms with Crippen molar-refractivity contribution in [3.63, 3.8) is 0 Å². The van der Waals surface area contributed by atoms with Crippen LogP contribution in [-0.4, -0.2) is 70.5 Å². The van der Waals surface area contributed by atoms with Crippen LogP contribution in [0.3, 0.4) is 0 Å². The van der Waals surface area contributed by atoms with Gasteiger partial charge in [-0.3, -0.25) is 9.69 Å². The molecule has 1 amide bonds. The molecule has 3 fully saturated rings. The third-order valence-electron chi connectivity index (χ3n) is 7.26. The van der Waals surface area contributed by atoms with Crippen LogP contribution >= 0.6 is 0 Å². The first kappa shape index (κ1) is 18.9. The van der Waals surface area contributed by atoms with E-state index in [0.29, 0.717) is 11.7 Å². The molecule has 2 saturated heterocycles. The van der Waals surface area contributed by atoms with E-state index in [1.54, 1.807) is 0 Å². The molecule has 3 aliphatic rings. The molecule has 156 valence electrons. The fourth-order valence-electron chi connectivity index (χ4n) is 5.45. The molecular weight excluding hydrogens is 362 g/mol. The summed E-state index contributed by atoms with van der Waals surface area (Å²) >= 11 is 0. The van der Waals surface area contributed by atoms with E-state index in [1.165, 1.54) is 32.1 Å². The van der Waals surface area contributed by atoms with Gasteiger partial charge in [-0.2, -0.15) is 0 Å². The van der Waals surface area contributed by atoms with Gasteiger partial charge in [0.2, 0.25) is 0 Å². The Hall–Kier alpha value is -2.08.